The molecule has 138 valence electrons. The molecule has 0 fully saturated rings. The molecule has 0 spiro atoms. The van der Waals surface area contributed by atoms with Crippen molar-refractivity contribution in [3.8, 4) is 5.75 Å². The molecule has 0 unspecified atom stereocenters. The molecular weight excluding hydrogens is 336 g/mol. The average molecular weight is 373 g/mol. The van der Waals surface area contributed by atoms with Crippen molar-refractivity contribution >= 4 is 26.5 Å². The van der Waals surface area contributed by atoms with Gasteiger partial charge < -0.3 is 4.74 Å². The second-order valence-electron chi connectivity index (χ2n) is 10.0. The molecule has 0 atom stereocenters. The summed E-state index contributed by atoms with van der Waals surface area (Å²) in [6.45, 7) is 21.5. The lowest BCUT2D eigenvalue weighted by atomic mass is 9.87. The maximum Gasteiger partial charge on any atom is 0.117 e. The van der Waals surface area contributed by atoms with Gasteiger partial charge in [0, 0.05) is 0 Å². The number of aryl methyl sites for hydroxylation is 1. The number of rotatable bonds is 4. The first-order valence-corrected chi connectivity index (χ1v) is 15.9. The highest BCUT2D eigenvalue weighted by molar-refractivity contribution is 6.97. The van der Waals surface area contributed by atoms with Crippen LogP contribution in [0.1, 0.15) is 32.8 Å². The van der Waals surface area contributed by atoms with Gasteiger partial charge in [-0.25, -0.2) is 0 Å². The Bertz CT molecular complexity index is 726. The fraction of sp³-hybridized carbons (Fsp3) is 0.545. The summed E-state index contributed by atoms with van der Waals surface area (Å²) in [7, 11) is -1.42. The number of ether oxygens (including phenoxy) is 1. The first-order valence-electron chi connectivity index (χ1n) is 9.40. The molecule has 3 heteroatoms. The standard InChI is InChI=1S/C22H36OSi2/c1-16-14-19(24(6,7)8)21(23-5)20(15-16)25(9,10)18-13-11-12-17(18)22(2,3)4/h11-12,14-15H,13H2,1-10H3. The van der Waals surface area contributed by atoms with Crippen LogP contribution in [0.25, 0.3) is 0 Å². The third-order valence-electron chi connectivity index (χ3n) is 5.41. The minimum Gasteiger partial charge on any atom is -0.497 e. The molecule has 1 aromatic carbocycles. The topological polar surface area (TPSA) is 9.23 Å². The Kier molecular flexibility index (Phi) is 5.33. The van der Waals surface area contributed by atoms with Crippen LogP contribution in [0.15, 0.2) is 35.1 Å². The number of benzene rings is 1. The molecule has 0 saturated heterocycles. The van der Waals surface area contributed by atoms with Gasteiger partial charge in [0.05, 0.1) is 15.2 Å². The number of hydrogen-bond donors (Lipinski definition) is 0. The molecule has 0 N–H and O–H groups in total. The van der Waals surface area contributed by atoms with Gasteiger partial charge in [0.15, 0.2) is 0 Å². The Balaban J connectivity index is 2.75. The highest BCUT2D eigenvalue weighted by Crippen LogP contribution is 2.39. The molecule has 0 aliphatic heterocycles. The summed E-state index contributed by atoms with van der Waals surface area (Å²) in [6, 6.07) is 4.77. The molecule has 0 heterocycles. The first-order chi connectivity index (χ1) is 11.3. The van der Waals surface area contributed by atoms with E-state index in [1.54, 1.807) is 10.8 Å². The van der Waals surface area contributed by atoms with E-state index < -0.39 is 16.1 Å². The van der Waals surface area contributed by atoms with E-state index >= 15 is 0 Å². The number of methoxy groups -OCH3 is 1. The number of hydrogen-bond acceptors (Lipinski definition) is 1. The summed E-state index contributed by atoms with van der Waals surface area (Å²) in [5.41, 5.74) is 3.12. The summed E-state index contributed by atoms with van der Waals surface area (Å²) in [5.74, 6) is 1.18. The molecule has 1 aromatic rings. The van der Waals surface area contributed by atoms with Crippen LogP contribution >= 0.6 is 0 Å². The summed E-state index contributed by atoms with van der Waals surface area (Å²) in [5, 5.41) is 4.62. The van der Waals surface area contributed by atoms with Crippen LogP contribution < -0.4 is 15.1 Å². The first kappa shape index (κ1) is 20.2. The van der Waals surface area contributed by atoms with E-state index in [1.165, 1.54) is 21.7 Å². The zero-order chi connectivity index (χ0) is 19.2. The molecular formula is C22H36OSi2. The van der Waals surface area contributed by atoms with Crippen molar-refractivity contribution in [2.75, 3.05) is 7.11 Å². The van der Waals surface area contributed by atoms with E-state index in [4.69, 9.17) is 4.74 Å². The van der Waals surface area contributed by atoms with Crippen molar-refractivity contribution in [1.82, 2.24) is 0 Å². The molecule has 1 aliphatic rings. The Hall–Kier alpha value is -1.07. The van der Waals surface area contributed by atoms with E-state index in [2.05, 4.69) is 84.7 Å². The van der Waals surface area contributed by atoms with E-state index in [9.17, 15) is 0 Å². The SMILES string of the molecule is COc1c([Si](C)(C)C)cc(C)cc1[Si](C)(C)C1=C(C(C)(C)C)C=CC1. The molecule has 0 aromatic heterocycles. The predicted octanol–water partition coefficient (Wildman–Crippen LogP) is 5.31. The van der Waals surface area contributed by atoms with Crippen molar-refractivity contribution in [1.29, 1.82) is 0 Å². The molecule has 0 bridgehead atoms. The molecule has 2 rings (SSSR count). The third-order valence-corrected chi connectivity index (χ3v) is 11.1. The molecule has 1 aliphatic carbocycles. The Morgan fingerprint density at radius 1 is 0.960 bits per heavy atom. The highest BCUT2D eigenvalue weighted by atomic mass is 28.3. The van der Waals surface area contributed by atoms with Crippen molar-refractivity contribution in [2.24, 2.45) is 5.41 Å². The van der Waals surface area contributed by atoms with Gasteiger partial charge in [-0.2, -0.15) is 0 Å². The average Bonchev–Trinajstić information content (AvgIpc) is 2.95. The third kappa shape index (κ3) is 3.87. The van der Waals surface area contributed by atoms with E-state index in [1.807, 2.05) is 7.11 Å². The lowest BCUT2D eigenvalue weighted by Gasteiger charge is -2.34. The van der Waals surface area contributed by atoms with Crippen LogP contribution in [0.4, 0.5) is 0 Å². The van der Waals surface area contributed by atoms with Gasteiger partial charge in [-0.3, -0.25) is 0 Å². The van der Waals surface area contributed by atoms with Gasteiger partial charge in [-0.15, -0.1) is 0 Å². The van der Waals surface area contributed by atoms with Gasteiger partial charge in [0.1, 0.15) is 13.8 Å². The van der Waals surface area contributed by atoms with Crippen molar-refractivity contribution in [3.63, 3.8) is 0 Å². The Morgan fingerprint density at radius 2 is 1.52 bits per heavy atom. The van der Waals surface area contributed by atoms with Crippen molar-refractivity contribution in [3.05, 3.63) is 40.6 Å². The molecule has 1 nitrogen and oxygen atoms in total. The van der Waals surface area contributed by atoms with Crippen LogP contribution in [0.5, 0.6) is 5.75 Å². The normalized spacial score (nSPS) is 15.9. The van der Waals surface area contributed by atoms with Gasteiger partial charge in [-0.05, 0) is 34.7 Å². The second-order valence-corrected chi connectivity index (χ2v) is 19.4. The monoisotopic (exact) mass is 372 g/mol. The maximum atomic E-state index is 6.05. The van der Waals surface area contributed by atoms with Crippen LogP contribution in [-0.2, 0) is 0 Å². The maximum absolute atomic E-state index is 6.05. The largest absolute Gasteiger partial charge is 0.497 e. The second kappa shape index (κ2) is 6.58. The Labute approximate surface area is 157 Å². The highest BCUT2D eigenvalue weighted by Gasteiger charge is 2.38. The van der Waals surface area contributed by atoms with Gasteiger partial charge in [0.25, 0.3) is 0 Å². The summed E-state index contributed by atoms with van der Waals surface area (Å²) >= 11 is 0. The molecule has 0 saturated carbocycles. The van der Waals surface area contributed by atoms with Gasteiger partial charge in [0.2, 0.25) is 0 Å². The van der Waals surface area contributed by atoms with Crippen LogP contribution in [0.2, 0.25) is 32.7 Å². The molecule has 25 heavy (non-hydrogen) atoms. The fourth-order valence-electron chi connectivity index (χ4n) is 3.98. The van der Waals surface area contributed by atoms with Gasteiger partial charge >= 0.3 is 0 Å². The zero-order valence-corrected chi connectivity index (χ0v) is 19.9. The predicted molar refractivity (Wildman–Crippen MR) is 118 cm³/mol. The van der Waals surface area contributed by atoms with Crippen molar-refractivity contribution in [2.45, 2.75) is 66.9 Å². The van der Waals surface area contributed by atoms with Crippen molar-refractivity contribution < 1.29 is 4.74 Å². The van der Waals surface area contributed by atoms with Crippen LogP contribution in [-0.4, -0.2) is 23.3 Å². The smallest absolute Gasteiger partial charge is 0.117 e. The summed E-state index contributed by atoms with van der Waals surface area (Å²) in [6.07, 6.45) is 5.82. The molecule has 0 radical (unpaired) electrons. The van der Waals surface area contributed by atoms with Crippen LogP contribution in [0, 0.1) is 12.3 Å². The van der Waals surface area contributed by atoms with E-state index in [-0.39, 0.29) is 5.41 Å². The quantitative estimate of drug-likeness (QED) is 0.651. The number of allylic oxidation sites excluding steroid dienone is 4. The van der Waals surface area contributed by atoms with E-state index in [0.717, 1.165) is 6.42 Å². The minimum atomic E-state index is -1.81. The lowest BCUT2D eigenvalue weighted by Crippen LogP contribution is -2.50. The summed E-state index contributed by atoms with van der Waals surface area (Å²) in [4.78, 5) is 0. The summed E-state index contributed by atoms with van der Waals surface area (Å²) < 4.78 is 6.05. The lowest BCUT2D eigenvalue weighted by molar-refractivity contribution is 0.421. The van der Waals surface area contributed by atoms with E-state index in [0.29, 0.717) is 0 Å². The Morgan fingerprint density at radius 3 is 2.00 bits per heavy atom. The fourth-order valence-corrected chi connectivity index (χ4v) is 9.16. The minimum absolute atomic E-state index is 0.200. The molecule has 0 amide bonds. The van der Waals surface area contributed by atoms with Crippen LogP contribution in [0.3, 0.4) is 0 Å². The van der Waals surface area contributed by atoms with Gasteiger partial charge in [-0.1, -0.05) is 88.6 Å². The zero-order valence-electron chi connectivity index (χ0n) is 17.9.